The second-order valence-corrected chi connectivity index (χ2v) is 9.85. The number of carbonyl (C=O) groups excluding carboxylic acids is 2. The third kappa shape index (κ3) is 4.29. The fourth-order valence-corrected chi connectivity index (χ4v) is 5.00. The summed E-state index contributed by atoms with van der Waals surface area (Å²) in [6.45, 7) is 6.02. The van der Waals surface area contributed by atoms with Crippen LogP contribution in [-0.2, 0) is 11.3 Å². The van der Waals surface area contributed by atoms with Crippen molar-refractivity contribution in [3.8, 4) is 5.69 Å². The first-order valence-corrected chi connectivity index (χ1v) is 11.8. The molecule has 0 atom stereocenters. The summed E-state index contributed by atoms with van der Waals surface area (Å²) in [6.07, 6.45) is 1.75. The monoisotopic (exact) mass is 532 g/mol. The number of nitrogens with zero attached hydrogens (tertiary/aromatic N) is 2. The van der Waals surface area contributed by atoms with E-state index in [0.717, 1.165) is 49.3 Å². The molecule has 8 heteroatoms. The van der Waals surface area contributed by atoms with Gasteiger partial charge in [-0.15, -0.1) is 0 Å². The number of benzene rings is 2. The van der Waals surface area contributed by atoms with Gasteiger partial charge in [-0.05, 0) is 91.7 Å². The van der Waals surface area contributed by atoms with E-state index < -0.39 is 5.82 Å². The lowest BCUT2D eigenvalue weighted by molar-refractivity contribution is -0.123. The molecule has 1 aliphatic heterocycles. The highest BCUT2D eigenvalue weighted by atomic mass is 79.9. The van der Waals surface area contributed by atoms with E-state index in [0.29, 0.717) is 10.5 Å². The largest absolute Gasteiger partial charge is 0.318 e. The van der Waals surface area contributed by atoms with Gasteiger partial charge < -0.3 is 4.57 Å². The Hall–Kier alpha value is -2.35. The molecule has 1 aromatic heterocycles. The highest BCUT2D eigenvalue weighted by Gasteiger charge is 2.35. The molecule has 1 aliphatic rings. The number of aryl methyl sites for hydroxylation is 2. The molecule has 4 nitrogen and oxygen atoms in total. The molecule has 32 heavy (non-hydrogen) atoms. The molecule has 2 heterocycles. The molecule has 0 unspecified atom stereocenters. The molecule has 164 valence electrons. The van der Waals surface area contributed by atoms with Crippen LogP contribution < -0.4 is 0 Å². The second-order valence-electron chi connectivity index (χ2n) is 7.60. The highest BCUT2D eigenvalue weighted by molar-refractivity contribution is 9.10. The molecular weight excluding hydrogens is 515 g/mol. The maximum absolute atomic E-state index is 13.3. The predicted molar refractivity (Wildman–Crippen MR) is 131 cm³/mol. The summed E-state index contributed by atoms with van der Waals surface area (Å²) in [5, 5.41) is -0.194. The highest BCUT2D eigenvalue weighted by Crippen LogP contribution is 2.35. The van der Waals surface area contributed by atoms with Crippen LogP contribution in [0.4, 0.5) is 9.18 Å². The van der Waals surface area contributed by atoms with Gasteiger partial charge in [-0.3, -0.25) is 14.5 Å². The van der Waals surface area contributed by atoms with E-state index in [4.69, 9.17) is 11.6 Å². The standard InChI is InChI=1S/C24H19BrClFN2O2S/c1-13-8-19(6-7-20(13)25)29-14(2)9-17(15(29)3)10-22-23(30)28(24(31)32-22)12-16-4-5-18(27)11-21(16)26/h4-11H,12H2,1-3H3/b22-10-. The summed E-state index contributed by atoms with van der Waals surface area (Å²) in [6, 6.07) is 12.0. The molecule has 0 aliphatic carbocycles. The summed E-state index contributed by atoms with van der Waals surface area (Å²) in [4.78, 5) is 26.9. The molecule has 0 spiro atoms. The molecule has 1 fully saturated rings. The van der Waals surface area contributed by atoms with Gasteiger partial charge in [0.05, 0.1) is 11.4 Å². The van der Waals surface area contributed by atoms with Gasteiger partial charge in [0.15, 0.2) is 0 Å². The average molecular weight is 534 g/mol. The summed E-state index contributed by atoms with van der Waals surface area (Å²) in [7, 11) is 0. The van der Waals surface area contributed by atoms with Crippen molar-refractivity contribution in [2.75, 3.05) is 0 Å². The average Bonchev–Trinajstić information content (AvgIpc) is 3.15. The lowest BCUT2D eigenvalue weighted by Crippen LogP contribution is -2.27. The van der Waals surface area contributed by atoms with E-state index in [1.165, 1.54) is 18.2 Å². The van der Waals surface area contributed by atoms with Crippen molar-refractivity contribution in [3.63, 3.8) is 0 Å². The molecule has 2 amide bonds. The van der Waals surface area contributed by atoms with E-state index in [2.05, 4.69) is 26.6 Å². The van der Waals surface area contributed by atoms with E-state index in [1.54, 1.807) is 6.08 Å². The summed E-state index contributed by atoms with van der Waals surface area (Å²) in [5.74, 6) is -0.853. The zero-order valence-corrected chi connectivity index (χ0v) is 20.7. The normalized spacial score (nSPS) is 15.3. The predicted octanol–water partition coefficient (Wildman–Crippen LogP) is 7.19. The molecular formula is C24H19BrClFN2O2S. The zero-order chi connectivity index (χ0) is 23.2. The number of rotatable bonds is 4. The fraction of sp³-hybridized carbons (Fsp3) is 0.167. The van der Waals surface area contributed by atoms with Gasteiger partial charge in [-0.25, -0.2) is 4.39 Å². The van der Waals surface area contributed by atoms with Crippen molar-refractivity contribution in [1.29, 1.82) is 0 Å². The van der Waals surface area contributed by atoms with Crippen molar-refractivity contribution in [3.05, 3.63) is 90.8 Å². The van der Waals surface area contributed by atoms with Crippen molar-refractivity contribution < 1.29 is 14.0 Å². The Morgan fingerprint density at radius 1 is 1.09 bits per heavy atom. The van der Waals surface area contributed by atoms with Crippen LogP contribution >= 0.6 is 39.3 Å². The Balaban J connectivity index is 1.64. The Morgan fingerprint density at radius 2 is 1.84 bits per heavy atom. The Kier molecular flexibility index (Phi) is 6.34. The minimum atomic E-state index is -0.468. The van der Waals surface area contributed by atoms with Crippen LogP contribution in [0.25, 0.3) is 11.8 Å². The molecule has 1 saturated heterocycles. The molecule has 0 saturated carbocycles. The van der Waals surface area contributed by atoms with Crippen molar-refractivity contribution in [2.45, 2.75) is 27.3 Å². The van der Waals surface area contributed by atoms with Gasteiger partial charge in [0.2, 0.25) is 0 Å². The van der Waals surface area contributed by atoms with Crippen LogP contribution in [-0.4, -0.2) is 20.6 Å². The number of imide groups is 1. The Labute approximate surface area is 203 Å². The lowest BCUT2D eigenvalue weighted by Gasteiger charge is -2.13. The summed E-state index contributed by atoms with van der Waals surface area (Å²) >= 11 is 10.5. The van der Waals surface area contributed by atoms with E-state index in [9.17, 15) is 14.0 Å². The molecule has 0 bridgehead atoms. The Morgan fingerprint density at radius 3 is 2.53 bits per heavy atom. The van der Waals surface area contributed by atoms with Crippen molar-refractivity contribution >= 4 is 56.5 Å². The van der Waals surface area contributed by atoms with Gasteiger partial charge >= 0.3 is 0 Å². The number of carbonyl (C=O) groups is 2. The minimum Gasteiger partial charge on any atom is -0.318 e. The third-order valence-electron chi connectivity index (χ3n) is 5.37. The number of hydrogen-bond acceptors (Lipinski definition) is 3. The van der Waals surface area contributed by atoms with E-state index >= 15 is 0 Å². The number of aromatic nitrogens is 1. The maximum atomic E-state index is 13.3. The molecule has 4 rings (SSSR count). The Bertz CT molecular complexity index is 1300. The number of amides is 2. The summed E-state index contributed by atoms with van der Waals surface area (Å²) in [5.41, 5.74) is 5.52. The van der Waals surface area contributed by atoms with Crippen LogP contribution in [0, 0.1) is 26.6 Å². The quantitative estimate of drug-likeness (QED) is 0.333. The number of thioether (sulfide) groups is 1. The minimum absolute atomic E-state index is 0.00167. The van der Waals surface area contributed by atoms with Gasteiger partial charge in [0.25, 0.3) is 11.1 Å². The molecule has 0 radical (unpaired) electrons. The van der Waals surface area contributed by atoms with Crippen LogP contribution in [0.3, 0.4) is 0 Å². The van der Waals surface area contributed by atoms with E-state index in [1.807, 2.05) is 39.0 Å². The van der Waals surface area contributed by atoms with Gasteiger partial charge in [0, 0.05) is 26.6 Å². The van der Waals surface area contributed by atoms with Crippen LogP contribution in [0.1, 0.15) is 28.1 Å². The first-order chi connectivity index (χ1) is 15.2. The van der Waals surface area contributed by atoms with Crippen LogP contribution in [0.15, 0.2) is 51.8 Å². The van der Waals surface area contributed by atoms with Crippen molar-refractivity contribution in [1.82, 2.24) is 9.47 Å². The first kappa shape index (κ1) is 22.8. The molecule has 0 N–H and O–H groups in total. The van der Waals surface area contributed by atoms with Gasteiger partial charge in [-0.2, -0.15) is 0 Å². The number of hydrogen-bond donors (Lipinski definition) is 0. The second kappa shape index (κ2) is 8.89. The first-order valence-electron chi connectivity index (χ1n) is 9.80. The smallest absolute Gasteiger partial charge is 0.293 e. The lowest BCUT2D eigenvalue weighted by atomic mass is 10.2. The van der Waals surface area contributed by atoms with Gasteiger partial charge in [0.1, 0.15) is 5.82 Å². The van der Waals surface area contributed by atoms with E-state index in [-0.39, 0.29) is 22.7 Å². The molecule has 3 aromatic rings. The van der Waals surface area contributed by atoms with Gasteiger partial charge in [-0.1, -0.05) is 33.6 Å². The molecule has 2 aromatic carbocycles. The topological polar surface area (TPSA) is 42.3 Å². The third-order valence-corrected chi connectivity index (χ3v) is 7.52. The summed E-state index contributed by atoms with van der Waals surface area (Å²) < 4.78 is 16.5. The van der Waals surface area contributed by atoms with Crippen LogP contribution in [0.2, 0.25) is 5.02 Å². The maximum Gasteiger partial charge on any atom is 0.293 e. The zero-order valence-electron chi connectivity index (χ0n) is 17.6. The SMILES string of the molecule is Cc1cc(-n2c(C)cc(/C=C3\SC(=O)N(Cc4ccc(F)cc4Cl)C3=O)c2C)ccc1Br. The van der Waals surface area contributed by atoms with Crippen molar-refractivity contribution in [2.24, 2.45) is 0 Å². The van der Waals surface area contributed by atoms with Crippen LogP contribution in [0.5, 0.6) is 0 Å². The fourth-order valence-electron chi connectivity index (χ4n) is 3.70. The number of halogens is 3.